The van der Waals surface area contributed by atoms with Crippen LogP contribution >= 0.6 is 9.90 Å². The molecule has 0 spiro atoms. The molecule has 0 nitrogen and oxygen atoms in total. The fraction of sp³-hybridized carbons (Fsp3) is 0. The summed E-state index contributed by atoms with van der Waals surface area (Å²) >= 11 is 0. The molecular weight excluding hydrogens is 948 g/mol. The van der Waals surface area contributed by atoms with Crippen molar-refractivity contribution < 1.29 is 334 Å². The van der Waals surface area contributed by atoms with E-state index in [1.165, 1.54) is 0 Å². The summed E-state index contributed by atoms with van der Waals surface area (Å²) in [6.07, 6.45) is 0. The van der Waals surface area contributed by atoms with Gasteiger partial charge in [0.1, 0.15) is 0 Å². The predicted molar refractivity (Wildman–Crippen MR) is 11.1 cm³/mol. The molecule has 0 aliphatic rings. The van der Waals surface area contributed by atoms with Crippen LogP contribution in [0.4, 0.5) is 0 Å². The molecule has 0 fully saturated rings. The van der Waals surface area contributed by atoms with Crippen molar-refractivity contribution in [2.24, 2.45) is 0 Å². The molecule has 0 rings (SSSR count). The molecule has 0 aromatic heterocycles. The quantitative estimate of drug-likeness (QED) is 0.301. The number of hydrogen-bond acceptors (Lipinski definition) is 0. The SMILES string of the molecule is P.[V].[V].[V].[V].[V].[V].[V].[V].[V].[V].[V].[V].[V].[V].[V].[V].[V].[V]. The maximum Gasteiger partial charge on any atom is 0 e. The molecule has 0 aliphatic heterocycles. The van der Waals surface area contributed by atoms with E-state index in [1.54, 1.807) is 0 Å². The predicted octanol–water partition coefficient (Wildman–Crippen LogP) is 0.0131. The van der Waals surface area contributed by atoms with E-state index >= 15 is 0 Å². The first-order valence-electron chi connectivity index (χ1n) is 0. The Kier molecular flexibility index (Phi) is 2080. The van der Waals surface area contributed by atoms with E-state index in [2.05, 4.69) is 0 Å². The Balaban J connectivity index is 0. The van der Waals surface area contributed by atoms with E-state index in [0.29, 0.717) is 0 Å². The van der Waals surface area contributed by atoms with Crippen LogP contribution in [0.15, 0.2) is 0 Å². The van der Waals surface area contributed by atoms with Gasteiger partial charge in [0.15, 0.2) is 0 Å². The Hall–Kier alpha value is 10.9. The second-order valence-electron chi connectivity index (χ2n) is 0. The summed E-state index contributed by atoms with van der Waals surface area (Å²) in [6, 6.07) is 0. The topological polar surface area (TPSA) is 0 Å². The molecule has 0 saturated carbocycles. The first-order chi connectivity index (χ1) is 0. The van der Waals surface area contributed by atoms with Crippen LogP contribution in [0.25, 0.3) is 0 Å². The molecule has 19 heteroatoms. The van der Waals surface area contributed by atoms with Crippen LogP contribution < -0.4 is 0 Å². The molecule has 0 amide bonds. The third kappa shape index (κ3) is 175. The van der Waals surface area contributed by atoms with Gasteiger partial charge in [0.05, 0.1) is 0 Å². The minimum absolute atomic E-state index is 0. The third-order valence-corrected chi connectivity index (χ3v) is 0. The molecular formula is H3PV18. The van der Waals surface area contributed by atoms with Gasteiger partial charge in [0.2, 0.25) is 0 Å². The van der Waals surface area contributed by atoms with Crippen molar-refractivity contribution in [1.29, 1.82) is 0 Å². The molecule has 0 saturated heterocycles. The van der Waals surface area contributed by atoms with Crippen LogP contribution in [-0.4, -0.2) is 0 Å². The summed E-state index contributed by atoms with van der Waals surface area (Å²) in [5.74, 6) is 0. The average molecular weight is 951 g/mol. The zero-order valence-corrected chi connectivity index (χ0v) is 35.3. The van der Waals surface area contributed by atoms with Gasteiger partial charge >= 0.3 is 0 Å². The second-order valence-corrected chi connectivity index (χ2v) is 0. The molecule has 1 atom stereocenters. The van der Waals surface area contributed by atoms with Gasteiger partial charge in [-0.3, -0.25) is 0 Å². The van der Waals surface area contributed by atoms with Crippen LogP contribution in [0, 0.1) is 0 Å². The Morgan fingerprint density at radius 2 is 0.105 bits per heavy atom. The molecule has 0 aliphatic carbocycles. The van der Waals surface area contributed by atoms with Gasteiger partial charge in [0, 0.05) is 334 Å². The van der Waals surface area contributed by atoms with E-state index in [1.807, 2.05) is 0 Å². The summed E-state index contributed by atoms with van der Waals surface area (Å²) in [5, 5.41) is 0. The first kappa shape index (κ1) is 209. The minimum Gasteiger partial charge on any atom is -0.153 e. The van der Waals surface area contributed by atoms with Gasteiger partial charge in [-0.25, -0.2) is 0 Å². The van der Waals surface area contributed by atoms with Gasteiger partial charge in [0.25, 0.3) is 0 Å². The summed E-state index contributed by atoms with van der Waals surface area (Å²) in [6.45, 7) is 0. The van der Waals surface area contributed by atoms with E-state index < -0.39 is 0 Å². The van der Waals surface area contributed by atoms with Crippen LogP contribution in [-0.2, 0) is 334 Å². The Morgan fingerprint density at radius 3 is 0.105 bits per heavy atom. The third-order valence-electron chi connectivity index (χ3n) is 0. The Bertz CT molecular complexity index is 5.65. The molecule has 0 aromatic carbocycles. The van der Waals surface area contributed by atoms with Crippen LogP contribution in [0.1, 0.15) is 0 Å². The Morgan fingerprint density at radius 1 is 0.105 bits per heavy atom. The van der Waals surface area contributed by atoms with Crippen LogP contribution in [0.2, 0.25) is 0 Å². The van der Waals surface area contributed by atoms with Crippen molar-refractivity contribution >= 4 is 9.90 Å². The molecule has 18 radical (unpaired) electrons. The zero-order valence-electron chi connectivity index (χ0n) is 8.76. The molecule has 98 valence electrons. The van der Waals surface area contributed by atoms with Crippen molar-refractivity contribution in [2.75, 3.05) is 0 Å². The fourth-order valence-corrected chi connectivity index (χ4v) is 0. The zero-order chi connectivity index (χ0) is 0. The van der Waals surface area contributed by atoms with Crippen LogP contribution in [0.5, 0.6) is 0 Å². The maximum atomic E-state index is 0. The summed E-state index contributed by atoms with van der Waals surface area (Å²) in [7, 11) is 0. The summed E-state index contributed by atoms with van der Waals surface area (Å²) < 4.78 is 0. The second kappa shape index (κ2) is 189. The van der Waals surface area contributed by atoms with Gasteiger partial charge < -0.3 is 0 Å². The van der Waals surface area contributed by atoms with Crippen molar-refractivity contribution in [2.45, 2.75) is 0 Å². The Labute approximate surface area is 335 Å². The largest absolute Gasteiger partial charge is 0.153 e. The molecule has 0 bridgehead atoms. The van der Waals surface area contributed by atoms with E-state index in [9.17, 15) is 0 Å². The monoisotopic (exact) mass is 951 g/mol. The molecule has 1 unspecified atom stereocenters. The van der Waals surface area contributed by atoms with Crippen molar-refractivity contribution in [3.05, 3.63) is 0 Å². The standard InChI is InChI=1S/H3P.18V/h1H3;;;;;;;;;;;;;;;;;;. The maximum absolute atomic E-state index is 0. The van der Waals surface area contributed by atoms with Gasteiger partial charge in [-0.05, 0) is 0 Å². The molecule has 19 heavy (non-hydrogen) atoms. The average Bonchev–Trinajstić information content (AvgIpc) is 0. The van der Waals surface area contributed by atoms with Crippen molar-refractivity contribution in [3.8, 4) is 0 Å². The van der Waals surface area contributed by atoms with Crippen molar-refractivity contribution in [3.63, 3.8) is 0 Å². The summed E-state index contributed by atoms with van der Waals surface area (Å²) in [4.78, 5) is 0. The molecule has 0 aromatic rings. The number of rotatable bonds is 0. The summed E-state index contributed by atoms with van der Waals surface area (Å²) in [5.41, 5.74) is 0. The van der Waals surface area contributed by atoms with E-state index in [4.69, 9.17) is 0 Å². The smallest absolute Gasteiger partial charge is 0 e. The normalized spacial score (nSPS) is 0. The molecule has 0 heterocycles. The van der Waals surface area contributed by atoms with Gasteiger partial charge in [-0.2, -0.15) is 9.90 Å². The minimum atomic E-state index is 0. The van der Waals surface area contributed by atoms with E-state index in [-0.39, 0.29) is 344 Å². The fourth-order valence-electron chi connectivity index (χ4n) is 0. The van der Waals surface area contributed by atoms with Crippen molar-refractivity contribution in [1.82, 2.24) is 0 Å². The number of hydrogen-bond donors (Lipinski definition) is 0. The van der Waals surface area contributed by atoms with Gasteiger partial charge in [-0.1, -0.05) is 0 Å². The van der Waals surface area contributed by atoms with E-state index in [0.717, 1.165) is 0 Å². The first-order valence-corrected chi connectivity index (χ1v) is 0. The van der Waals surface area contributed by atoms with Crippen LogP contribution in [0.3, 0.4) is 0 Å². The van der Waals surface area contributed by atoms with Gasteiger partial charge in [-0.15, -0.1) is 0 Å². The molecule has 0 N–H and O–H groups in total.